The van der Waals surface area contributed by atoms with Gasteiger partial charge in [-0.15, -0.1) is 0 Å². The van der Waals surface area contributed by atoms with Gasteiger partial charge in [-0.3, -0.25) is 4.79 Å². The first-order chi connectivity index (χ1) is 10.1. The molecule has 1 heterocycles. The molecule has 112 valence electrons. The lowest BCUT2D eigenvalue weighted by Crippen LogP contribution is -2.42. The molecule has 1 aromatic carbocycles. The van der Waals surface area contributed by atoms with Crippen molar-refractivity contribution in [1.29, 1.82) is 0 Å². The number of carbonyl (C=O) groups is 1. The molecule has 1 aliphatic carbocycles. The van der Waals surface area contributed by atoms with Gasteiger partial charge in [0, 0.05) is 23.5 Å². The van der Waals surface area contributed by atoms with Crippen molar-refractivity contribution in [3.63, 3.8) is 0 Å². The highest BCUT2D eigenvalue weighted by molar-refractivity contribution is 5.88. The van der Waals surface area contributed by atoms with E-state index in [0.717, 1.165) is 16.5 Å². The van der Waals surface area contributed by atoms with E-state index in [4.69, 9.17) is 10.2 Å². The molecule has 1 fully saturated rings. The molecule has 1 unspecified atom stereocenters. The van der Waals surface area contributed by atoms with Crippen LogP contribution in [0.2, 0.25) is 0 Å². The van der Waals surface area contributed by atoms with Crippen LogP contribution in [0.3, 0.4) is 0 Å². The van der Waals surface area contributed by atoms with E-state index in [1.54, 1.807) is 6.26 Å². The van der Waals surface area contributed by atoms with Crippen molar-refractivity contribution in [2.75, 3.05) is 6.54 Å². The second-order valence-electron chi connectivity index (χ2n) is 6.12. The molecule has 1 amide bonds. The summed E-state index contributed by atoms with van der Waals surface area (Å²) < 4.78 is 5.57. The zero-order valence-corrected chi connectivity index (χ0v) is 12.6. The van der Waals surface area contributed by atoms with Crippen LogP contribution in [-0.2, 0) is 11.2 Å². The van der Waals surface area contributed by atoms with Gasteiger partial charge in [0.25, 0.3) is 0 Å². The van der Waals surface area contributed by atoms with Gasteiger partial charge in [-0.05, 0) is 55.9 Å². The van der Waals surface area contributed by atoms with Crippen LogP contribution in [-0.4, -0.2) is 18.5 Å². The summed E-state index contributed by atoms with van der Waals surface area (Å²) in [6.07, 6.45) is 4.39. The molecule has 3 N–H and O–H groups in total. The lowest BCUT2D eigenvalue weighted by Gasteiger charge is -2.15. The fourth-order valence-corrected chi connectivity index (χ4v) is 2.77. The molecule has 1 atom stereocenters. The number of aryl methyl sites for hydroxylation is 2. The van der Waals surface area contributed by atoms with E-state index < -0.39 is 0 Å². The Morgan fingerprint density at radius 3 is 2.76 bits per heavy atom. The standard InChI is InChI=1S/C17H22N2O2/c1-10-5-14-13(9-21-16(14)6-11(10)2)7-17(20)19-15(8-18)12-3-4-12/h5-6,9,12,15H,3-4,7-8,18H2,1-2H3,(H,19,20). The minimum absolute atomic E-state index is 0.0262. The highest BCUT2D eigenvalue weighted by atomic mass is 16.3. The third-order valence-electron chi connectivity index (χ3n) is 4.41. The summed E-state index contributed by atoms with van der Waals surface area (Å²) >= 11 is 0. The molecule has 0 aliphatic heterocycles. The molecular weight excluding hydrogens is 264 g/mol. The second kappa shape index (κ2) is 5.53. The molecule has 4 heteroatoms. The summed E-state index contributed by atoms with van der Waals surface area (Å²) in [5.41, 5.74) is 9.93. The summed E-state index contributed by atoms with van der Waals surface area (Å²) in [4.78, 5) is 12.2. The number of carbonyl (C=O) groups excluding carboxylic acids is 1. The monoisotopic (exact) mass is 286 g/mol. The quantitative estimate of drug-likeness (QED) is 0.887. The molecule has 1 aromatic heterocycles. The van der Waals surface area contributed by atoms with Crippen molar-refractivity contribution in [1.82, 2.24) is 5.32 Å². The zero-order chi connectivity index (χ0) is 15.0. The zero-order valence-electron chi connectivity index (χ0n) is 12.6. The molecule has 21 heavy (non-hydrogen) atoms. The van der Waals surface area contributed by atoms with Crippen LogP contribution in [0.5, 0.6) is 0 Å². The van der Waals surface area contributed by atoms with Gasteiger partial charge in [-0.1, -0.05) is 0 Å². The van der Waals surface area contributed by atoms with Crippen molar-refractivity contribution in [3.05, 3.63) is 35.1 Å². The Balaban J connectivity index is 1.75. The largest absolute Gasteiger partial charge is 0.464 e. The Hall–Kier alpha value is -1.81. The third kappa shape index (κ3) is 2.95. The number of furan rings is 1. The van der Waals surface area contributed by atoms with Gasteiger partial charge in [0.15, 0.2) is 0 Å². The molecule has 1 saturated carbocycles. The maximum Gasteiger partial charge on any atom is 0.224 e. The maximum atomic E-state index is 12.2. The van der Waals surface area contributed by atoms with Crippen LogP contribution in [0.1, 0.15) is 29.5 Å². The number of rotatable bonds is 5. The van der Waals surface area contributed by atoms with Crippen molar-refractivity contribution in [2.45, 2.75) is 39.2 Å². The number of fused-ring (bicyclic) bond motifs is 1. The normalized spacial score (nSPS) is 16.1. The fraction of sp³-hybridized carbons (Fsp3) is 0.471. The number of benzene rings is 1. The summed E-state index contributed by atoms with van der Waals surface area (Å²) in [5, 5.41) is 4.08. The van der Waals surface area contributed by atoms with Crippen LogP contribution in [0.4, 0.5) is 0 Å². The Bertz CT molecular complexity index is 671. The first-order valence-electron chi connectivity index (χ1n) is 7.55. The van der Waals surface area contributed by atoms with E-state index in [1.165, 1.54) is 24.0 Å². The van der Waals surface area contributed by atoms with Gasteiger partial charge in [0.1, 0.15) is 5.58 Å². The van der Waals surface area contributed by atoms with E-state index >= 15 is 0 Å². The van der Waals surface area contributed by atoms with E-state index in [0.29, 0.717) is 18.9 Å². The van der Waals surface area contributed by atoms with E-state index in [9.17, 15) is 4.79 Å². The highest BCUT2D eigenvalue weighted by Gasteiger charge is 2.31. The SMILES string of the molecule is Cc1cc2occ(CC(=O)NC(CN)C3CC3)c2cc1C. The number of nitrogens with one attached hydrogen (secondary N) is 1. The van der Waals surface area contributed by atoms with Gasteiger partial charge in [-0.25, -0.2) is 0 Å². The molecule has 1 aliphatic rings. The van der Waals surface area contributed by atoms with Gasteiger partial charge in [0.2, 0.25) is 5.91 Å². The summed E-state index contributed by atoms with van der Waals surface area (Å²) in [6.45, 7) is 4.65. The number of hydrogen-bond donors (Lipinski definition) is 2. The van der Waals surface area contributed by atoms with E-state index in [1.807, 2.05) is 6.07 Å². The van der Waals surface area contributed by atoms with Gasteiger partial charge in [-0.2, -0.15) is 0 Å². The molecule has 4 nitrogen and oxygen atoms in total. The predicted molar refractivity (Wildman–Crippen MR) is 83.1 cm³/mol. The molecule has 3 rings (SSSR count). The molecule has 0 bridgehead atoms. The minimum atomic E-state index is 0.0262. The van der Waals surface area contributed by atoms with Crippen LogP contribution in [0.25, 0.3) is 11.0 Å². The van der Waals surface area contributed by atoms with Crippen LogP contribution in [0, 0.1) is 19.8 Å². The van der Waals surface area contributed by atoms with Gasteiger partial charge >= 0.3 is 0 Å². The van der Waals surface area contributed by atoms with E-state index in [2.05, 4.69) is 25.2 Å². The van der Waals surface area contributed by atoms with Crippen molar-refractivity contribution in [2.24, 2.45) is 11.7 Å². The molecule has 2 aromatic rings. The first-order valence-corrected chi connectivity index (χ1v) is 7.55. The lowest BCUT2D eigenvalue weighted by atomic mass is 10.0. The first kappa shape index (κ1) is 14.1. The van der Waals surface area contributed by atoms with Crippen molar-refractivity contribution < 1.29 is 9.21 Å². The number of amides is 1. The van der Waals surface area contributed by atoms with Crippen LogP contribution in [0.15, 0.2) is 22.8 Å². The highest BCUT2D eigenvalue weighted by Crippen LogP contribution is 2.32. The number of hydrogen-bond acceptors (Lipinski definition) is 3. The lowest BCUT2D eigenvalue weighted by molar-refractivity contribution is -0.121. The Morgan fingerprint density at radius 2 is 2.10 bits per heavy atom. The summed E-state index contributed by atoms with van der Waals surface area (Å²) in [5.74, 6) is 0.600. The number of nitrogens with two attached hydrogens (primary N) is 1. The minimum Gasteiger partial charge on any atom is -0.464 e. The van der Waals surface area contributed by atoms with Gasteiger partial charge in [0.05, 0.1) is 12.7 Å². The topological polar surface area (TPSA) is 68.3 Å². The van der Waals surface area contributed by atoms with Crippen LogP contribution < -0.4 is 11.1 Å². The molecule has 0 saturated heterocycles. The second-order valence-corrected chi connectivity index (χ2v) is 6.12. The van der Waals surface area contributed by atoms with Crippen molar-refractivity contribution in [3.8, 4) is 0 Å². The van der Waals surface area contributed by atoms with Crippen molar-refractivity contribution >= 4 is 16.9 Å². The smallest absolute Gasteiger partial charge is 0.224 e. The average Bonchev–Trinajstić information content (AvgIpc) is 3.23. The van der Waals surface area contributed by atoms with Gasteiger partial charge < -0.3 is 15.5 Å². The molecule has 0 radical (unpaired) electrons. The third-order valence-corrected chi connectivity index (χ3v) is 4.41. The summed E-state index contributed by atoms with van der Waals surface area (Å²) in [7, 11) is 0. The fourth-order valence-electron chi connectivity index (χ4n) is 2.77. The van der Waals surface area contributed by atoms with Crippen LogP contribution >= 0.6 is 0 Å². The average molecular weight is 286 g/mol. The Labute approximate surface area is 124 Å². The Kier molecular flexibility index (Phi) is 3.72. The maximum absolute atomic E-state index is 12.2. The molecule has 0 spiro atoms. The summed E-state index contributed by atoms with van der Waals surface area (Å²) in [6, 6.07) is 4.25. The predicted octanol–water partition coefficient (Wildman–Crippen LogP) is 2.45. The van der Waals surface area contributed by atoms with E-state index in [-0.39, 0.29) is 11.9 Å². The Morgan fingerprint density at radius 1 is 1.38 bits per heavy atom. The molecular formula is C17H22N2O2.